The summed E-state index contributed by atoms with van der Waals surface area (Å²) in [6.07, 6.45) is 6.84. The maximum atomic E-state index is 14.7. The van der Waals surface area contributed by atoms with Gasteiger partial charge in [0.15, 0.2) is 17.3 Å². The second-order valence-electron chi connectivity index (χ2n) is 9.28. The number of fused-ring (bicyclic) bond motifs is 1. The van der Waals surface area contributed by atoms with Crippen LogP contribution in [-0.4, -0.2) is 48.6 Å². The molecule has 5 aromatic rings. The number of benzene rings is 1. The smallest absolute Gasteiger partial charge is 0.168 e. The van der Waals surface area contributed by atoms with Crippen molar-refractivity contribution in [1.82, 2.24) is 29.4 Å². The molecule has 192 valence electrons. The SMILES string of the molecule is Nc1cc(CN2CCC(Oc3ccc(-n4c(-c5ncccc5F)nc5cc(Cl)cnc54)cc3)CC2)ccn1. The lowest BCUT2D eigenvalue weighted by molar-refractivity contribution is 0.0968. The summed E-state index contributed by atoms with van der Waals surface area (Å²) in [7, 11) is 0. The second-order valence-corrected chi connectivity index (χ2v) is 9.71. The first-order valence-electron chi connectivity index (χ1n) is 12.4. The number of anilines is 1. The summed E-state index contributed by atoms with van der Waals surface area (Å²) in [4.78, 5) is 19.8. The van der Waals surface area contributed by atoms with Crippen molar-refractivity contribution in [2.24, 2.45) is 0 Å². The zero-order chi connectivity index (χ0) is 26.1. The molecule has 8 nitrogen and oxygen atoms in total. The molecule has 10 heteroatoms. The topological polar surface area (TPSA) is 95.0 Å². The standard InChI is InChI=1S/C28H25ClFN7O/c29-19-15-24-27(34-16-19)37(28(35-24)26-23(30)2-1-10-33-26)20-3-5-21(6-4-20)38-22-8-12-36(13-9-22)17-18-7-11-32-25(31)14-18/h1-7,10-11,14-16,22H,8-9,12-13,17H2,(H2,31,32). The van der Waals surface area contributed by atoms with Gasteiger partial charge in [0.25, 0.3) is 0 Å². The van der Waals surface area contributed by atoms with Crippen molar-refractivity contribution in [3.8, 4) is 23.0 Å². The van der Waals surface area contributed by atoms with Crippen LogP contribution in [0.3, 0.4) is 0 Å². The molecule has 1 saturated heterocycles. The molecule has 1 aliphatic heterocycles. The fourth-order valence-electron chi connectivity index (χ4n) is 4.80. The lowest BCUT2D eigenvalue weighted by atomic mass is 10.1. The van der Waals surface area contributed by atoms with Gasteiger partial charge in [0.1, 0.15) is 28.9 Å². The lowest BCUT2D eigenvalue weighted by Gasteiger charge is -2.32. The number of nitrogens with zero attached hydrogens (tertiary/aromatic N) is 6. The van der Waals surface area contributed by atoms with Crippen LogP contribution in [0.15, 0.2) is 73.2 Å². The van der Waals surface area contributed by atoms with Gasteiger partial charge >= 0.3 is 0 Å². The zero-order valence-electron chi connectivity index (χ0n) is 20.5. The van der Waals surface area contributed by atoms with E-state index in [1.54, 1.807) is 29.1 Å². The molecule has 6 rings (SSSR count). The minimum atomic E-state index is -0.464. The molecule has 1 fully saturated rings. The molecule has 0 atom stereocenters. The summed E-state index contributed by atoms with van der Waals surface area (Å²) in [5.74, 6) is 1.21. The average Bonchev–Trinajstić information content (AvgIpc) is 3.29. The van der Waals surface area contributed by atoms with Gasteiger partial charge in [0.2, 0.25) is 0 Å². The van der Waals surface area contributed by atoms with Gasteiger partial charge in [-0.1, -0.05) is 11.6 Å². The number of halogens is 2. The van der Waals surface area contributed by atoms with Crippen LogP contribution in [0.4, 0.5) is 10.2 Å². The van der Waals surface area contributed by atoms with Gasteiger partial charge in [-0.05, 0) is 73.0 Å². The van der Waals surface area contributed by atoms with Gasteiger partial charge in [0.05, 0.1) is 5.02 Å². The normalized spacial score (nSPS) is 14.7. The van der Waals surface area contributed by atoms with E-state index >= 15 is 0 Å². The maximum absolute atomic E-state index is 14.7. The number of likely N-dealkylation sites (tertiary alicyclic amines) is 1. The summed E-state index contributed by atoms with van der Waals surface area (Å²) in [6, 6.07) is 16.2. The largest absolute Gasteiger partial charge is 0.490 e. The third-order valence-corrected chi connectivity index (χ3v) is 6.82. The first-order valence-corrected chi connectivity index (χ1v) is 12.8. The van der Waals surface area contributed by atoms with Gasteiger partial charge in [-0.2, -0.15) is 0 Å². The highest BCUT2D eigenvalue weighted by Gasteiger charge is 2.22. The summed E-state index contributed by atoms with van der Waals surface area (Å²) >= 11 is 6.14. The third-order valence-electron chi connectivity index (χ3n) is 6.62. The van der Waals surface area contributed by atoms with E-state index in [4.69, 9.17) is 22.1 Å². The van der Waals surface area contributed by atoms with Crippen molar-refractivity contribution in [2.45, 2.75) is 25.5 Å². The first-order chi connectivity index (χ1) is 18.5. The zero-order valence-corrected chi connectivity index (χ0v) is 21.2. The first kappa shape index (κ1) is 24.3. The van der Waals surface area contributed by atoms with Crippen LogP contribution in [0.25, 0.3) is 28.4 Å². The number of piperidine rings is 1. The molecule has 0 spiro atoms. The number of hydrogen-bond acceptors (Lipinski definition) is 7. The molecule has 1 aliphatic rings. The van der Waals surface area contributed by atoms with Crippen LogP contribution >= 0.6 is 11.6 Å². The predicted octanol–water partition coefficient (Wildman–Crippen LogP) is 5.30. The Balaban J connectivity index is 1.19. The molecule has 0 unspecified atom stereocenters. The fourth-order valence-corrected chi connectivity index (χ4v) is 4.95. The Morgan fingerprint density at radius 3 is 2.58 bits per heavy atom. The lowest BCUT2D eigenvalue weighted by Crippen LogP contribution is -2.37. The number of aromatic nitrogens is 5. The van der Waals surface area contributed by atoms with Crippen molar-refractivity contribution in [1.29, 1.82) is 0 Å². The Kier molecular flexibility index (Phi) is 6.61. The predicted molar refractivity (Wildman–Crippen MR) is 145 cm³/mol. The van der Waals surface area contributed by atoms with Crippen LogP contribution in [0.2, 0.25) is 5.02 Å². The number of nitrogens with two attached hydrogens (primary N) is 1. The molecular weight excluding hydrogens is 505 g/mol. The third kappa shape index (κ3) is 5.03. The highest BCUT2D eigenvalue weighted by Crippen LogP contribution is 2.30. The molecule has 0 aliphatic carbocycles. The van der Waals surface area contributed by atoms with E-state index in [0.29, 0.717) is 27.8 Å². The van der Waals surface area contributed by atoms with Crippen LogP contribution in [0.5, 0.6) is 5.75 Å². The van der Waals surface area contributed by atoms with E-state index < -0.39 is 5.82 Å². The molecule has 2 N–H and O–H groups in total. The van der Waals surface area contributed by atoms with E-state index in [1.165, 1.54) is 17.8 Å². The van der Waals surface area contributed by atoms with Gasteiger partial charge < -0.3 is 10.5 Å². The van der Waals surface area contributed by atoms with Crippen LogP contribution < -0.4 is 10.5 Å². The molecule has 4 aromatic heterocycles. The van der Waals surface area contributed by atoms with Crippen molar-refractivity contribution in [3.63, 3.8) is 0 Å². The summed E-state index contributed by atoms with van der Waals surface area (Å²) in [6.45, 7) is 2.74. The Bertz CT molecular complexity index is 1580. The number of pyridine rings is 3. The van der Waals surface area contributed by atoms with Gasteiger partial charge in [-0.3, -0.25) is 9.47 Å². The summed E-state index contributed by atoms with van der Waals surface area (Å²) < 4.78 is 22.8. The van der Waals surface area contributed by atoms with Crippen LogP contribution in [0, 0.1) is 5.82 Å². The van der Waals surface area contributed by atoms with E-state index in [1.807, 2.05) is 36.4 Å². The molecular formula is C28H25ClFN7O. The van der Waals surface area contributed by atoms with E-state index in [-0.39, 0.29) is 11.8 Å². The Hall–Kier alpha value is -4.08. The number of rotatable bonds is 6. The van der Waals surface area contributed by atoms with Crippen molar-refractivity contribution < 1.29 is 9.13 Å². The Labute approximate surface area is 223 Å². The van der Waals surface area contributed by atoms with E-state index in [0.717, 1.165) is 43.9 Å². The number of imidazole rings is 1. The summed E-state index contributed by atoms with van der Waals surface area (Å²) in [5, 5.41) is 0.454. The average molecular weight is 530 g/mol. The molecule has 5 heterocycles. The summed E-state index contributed by atoms with van der Waals surface area (Å²) in [5.41, 5.74) is 9.00. The highest BCUT2D eigenvalue weighted by atomic mass is 35.5. The molecule has 38 heavy (non-hydrogen) atoms. The van der Waals surface area contributed by atoms with Crippen molar-refractivity contribution in [3.05, 3.63) is 89.6 Å². The second kappa shape index (κ2) is 10.4. The minimum absolute atomic E-state index is 0.135. The molecule has 1 aromatic carbocycles. The molecule has 0 bridgehead atoms. The van der Waals surface area contributed by atoms with Gasteiger partial charge in [-0.15, -0.1) is 0 Å². The quantitative estimate of drug-likeness (QED) is 0.319. The van der Waals surface area contributed by atoms with E-state index in [9.17, 15) is 4.39 Å². The molecule has 0 radical (unpaired) electrons. The number of hydrogen-bond donors (Lipinski definition) is 1. The van der Waals surface area contributed by atoms with Gasteiger partial charge in [-0.25, -0.2) is 24.3 Å². The van der Waals surface area contributed by atoms with Crippen molar-refractivity contribution in [2.75, 3.05) is 18.8 Å². The van der Waals surface area contributed by atoms with Crippen LogP contribution in [-0.2, 0) is 6.54 Å². The highest BCUT2D eigenvalue weighted by molar-refractivity contribution is 6.31. The van der Waals surface area contributed by atoms with Crippen LogP contribution in [0.1, 0.15) is 18.4 Å². The fraction of sp³-hybridized carbons (Fsp3) is 0.214. The number of nitrogen functional groups attached to an aromatic ring is 1. The molecule has 0 saturated carbocycles. The Morgan fingerprint density at radius 1 is 1.00 bits per heavy atom. The number of ether oxygens (including phenoxy) is 1. The van der Waals surface area contributed by atoms with Gasteiger partial charge in [0, 0.05) is 43.9 Å². The Morgan fingerprint density at radius 2 is 1.82 bits per heavy atom. The monoisotopic (exact) mass is 529 g/mol. The molecule has 0 amide bonds. The minimum Gasteiger partial charge on any atom is -0.490 e. The van der Waals surface area contributed by atoms with E-state index in [2.05, 4.69) is 24.8 Å². The maximum Gasteiger partial charge on any atom is 0.168 e. The van der Waals surface area contributed by atoms with Crippen molar-refractivity contribution >= 4 is 28.6 Å².